The molecule has 1 aliphatic rings. The summed E-state index contributed by atoms with van der Waals surface area (Å²) in [6.45, 7) is 5.56. The molecule has 1 saturated heterocycles. The van der Waals surface area contributed by atoms with Crippen molar-refractivity contribution in [1.29, 1.82) is 0 Å². The van der Waals surface area contributed by atoms with Gasteiger partial charge in [0.25, 0.3) is 11.5 Å². The molecular weight excluding hydrogens is 377 g/mol. The van der Waals surface area contributed by atoms with Crippen LogP contribution >= 0.6 is 11.3 Å². The number of carbonyl (C=O) groups is 1. The minimum absolute atomic E-state index is 0.0212. The zero-order valence-electron chi connectivity index (χ0n) is 15.9. The van der Waals surface area contributed by atoms with Gasteiger partial charge in [-0.1, -0.05) is 25.1 Å². The molecule has 0 N–H and O–H groups in total. The number of piperidine rings is 1. The SMILES string of the molecule is Cc1c(C(=O)N2CCCC(C)C2)sc2ncn(Cc3ccccc3F)c(=O)c12. The number of likely N-dealkylation sites (tertiary alicyclic amines) is 1. The number of hydrogen-bond acceptors (Lipinski definition) is 4. The van der Waals surface area contributed by atoms with Gasteiger partial charge in [0.2, 0.25) is 0 Å². The van der Waals surface area contributed by atoms with Crippen molar-refractivity contribution < 1.29 is 9.18 Å². The van der Waals surface area contributed by atoms with Crippen molar-refractivity contribution in [3.8, 4) is 0 Å². The molecule has 1 aliphatic heterocycles. The van der Waals surface area contributed by atoms with Gasteiger partial charge < -0.3 is 4.90 Å². The smallest absolute Gasteiger partial charge is 0.264 e. The Morgan fingerprint density at radius 1 is 1.36 bits per heavy atom. The molecule has 5 nitrogen and oxygen atoms in total. The first kappa shape index (κ1) is 18.8. The van der Waals surface area contributed by atoms with Crippen molar-refractivity contribution in [1.82, 2.24) is 14.5 Å². The largest absolute Gasteiger partial charge is 0.338 e. The van der Waals surface area contributed by atoms with Gasteiger partial charge in [0.05, 0.1) is 23.1 Å². The third-order valence-corrected chi connectivity index (χ3v) is 6.54. The second kappa shape index (κ2) is 7.47. The third-order valence-electron chi connectivity index (χ3n) is 5.35. The van der Waals surface area contributed by atoms with Crippen molar-refractivity contribution in [2.45, 2.75) is 33.2 Å². The van der Waals surface area contributed by atoms with Crippen LogP contribution in [0, 0.1) is 18.7 Å². The average Bonchev–Trinajstić information content (AvgIpc) is 3.02. The molecule has 0 bridgehead atoms. The van der Waals surface area contributed by atoms with E-state index in [4.69, 9.17) is 0 Å². The Labute approximate surface area is 166 Å². The van der Waals surface area contributed by atoms with Gasteiger partial charge in [0.1, 0.15) is 10.6 Å². The Morgan fingerprint density at radius 3 is 2.89 bits per heavy atom. The van der Waals surface area contributed by atoms with Crippen molar-refractivity contribution >= 4 is 27.5 Å². The lowest BCUT2D eigenvalue weighted by atomic mass is 10.00. The zero-order valence-corrected chi connectivity index (χ0v) is 16.8. The number of halogens is 1. The number of fused-ring (bicyclic) bond motifs is 1. The van der Waals surface area contributed by atoms with Gasteiger partial charge >= 0.3 is 0 Å². The normalized spacial score (nSPS) is 17.2. The van der Waals surface area contributed by atoms with E-state index < -0.39 is 0 Å². The molecule has 0 radical (unpaired) electrons. The van der Waals surface area contributed by atoms with Gasteiger partial charge in [0.15, 0.2) is 0 Å². The molecule has 1 atom stereocenters. The van der Waals surface area contributed by atoms with Gasteiger partial charge in [-0.15, -0.1) is 11.3 Å². The van der Waals surface area contributed by atoms with Crippen LogP contribution in [0.1, 0.15) is 40.6 Å². The van der Waals surface area contributed by atoms with Crippen LogP contribution < -0.4 is 5.56 Å². The summed E-state index contributed by atoms with van der Waals surface area (Å²) in [5.41, 5.74) is 0.855. The van der Waals surface area contributed by atoms with E-state index in [0.29, 0.717) is 32.1 Å². The summed E-state index contributed by atoms with van der Waals surface area (Å²) in [6, 6.07) is 6.38. The summed E-state index contributed by atoms with van der Waals surface area (Å²) in [5, 5.41) is 0.456. The summed E-state index contributed by atoms with van der Waals surface area (Å²) in [5.74, 6) is 0.113. The van der Waals surface area contributed by atoms with Crippen molar-refractivity contribution in [3.05, 3.63) is 62.8 Å². The highest BCUT2D eigenvalue weighted by Gasteiger charge is 2.26. The first-order chi connectivity index (χ1) is 13.5. The molecule has 3 heterocycles. The topological polar surface area (TPSA) is 55.2 Å². The van der Waals surface area contributed by atoms with E-state index in [2.05, 4.69) is 11.9 Å². The molecule has 2 aromatic heterocycles. The van der Waals surface area contributed by atoms with E-state index in [0.717, 1.165) is 25.9 Å². The van der Waals surface area contributed by atoms with Crippen LogP contribution in [-0.4, -0.2) is 33.4 Å². The van der Waals surface area contributed by atoms with Crippen LogP contribution in [0.3, 0.4) is 0 Å². The summed E-state index contributed by atoms with van der Waals surface area (Å²) in [7, 11) is 0. The number of carbonyl (C=O) groups excluding carboxylic acids is 1. The summed E-state index contributed by atoms with van der Waals surface area (Å²) < 4.78 is 15.4. The first-order valence-corrected chi connectivity index (χ1v) is 10.3. The molecule has 28 heavy (non-hydrogen) atoms. The maximum Gasteiger partial charge on any atom is 0.264 e. The molecule has 4 rings (SSSR count). The fourth-order valence-corrected chi connectivity index (χ4v) is 4.91. The Balaban J connectivity index is 1.71. The molecule has 0 aliphatic carbocycles. The molecule has 1 fully saturated rings. The molecule has 0 saturated carbocycles. The molecule has 7 heteroatoms. The summed E-state index contributed by atoms with van der Waals surface area (Å²) >= 11 is 1.27. The number of benzene rings is 1. The number of aryl methyl sites for hydroxylation is 1. The highest BCUT2D eigenvalue weighted by Crippen LogP contribution is 2.29. The number of thiophene rings is 1. The van der Waals surface area contributed by atoms with Crippen molar-refractivity contribution in [3.63, 3.8) is 0 Å². The number of rotatable bonds is 3. The fourth-order valence-electron chi connectivity index (χ4n) is 3.80. The van der Waals surface area contributed by atoms with Crippen molar-refractivity contribution in [2.75, 3.05) is 13.1 Å². The van der Waals surface area contributed by atoms with E-state index in [1.807, 2.05) is 4.90 Å². The van der Waals surface area contributed by atoms with Crippen LogP contribution in [0.5, 0.6) is 0 Å². The molecule has 1 unspecified atom stereocenters. The summed E-state index contributed by atoms with van der Waals surface area (Å²) in [6.07, 6.45) is 3.58. The summed E-state index contributed by atoms with van der Waals surface area (Å²) in [4.78, 5) is 33.4. The second-order valence-corrected chi connectivity index (χ2v) is 8.50. The molecule has 1 aromatic carbocycles. The van der Waals surface area contributed by atoms with E-state index in [9.17, 15) is 14.0 Å². The molecule has 3 aromatic rings. The number of amides is 1. The lowest BCUT2D eigenvalue weighted by Gasteiger charge is -2.30. The Hall–Kier alpha value is -2.54. The minimum Gasteiger partial charge on any atom is -0.338 e. The third kappa shape index (κ3) is 3.35. The quantitative estimate of drug-likeness (QED) is 0.673. The van der Waals surface area contributed by atoms with E-state index >= 15 is 0 Å². The minimum atomic E-state index is -0.355. The standard InChI is InChI=1S/C21H22FN3O2S/c1-13-6-5-9-24(10-13)21(27)18-14(2)17-19(28-18)23-12-25(20(17)26)11-15-7-3-4-8-16(15)22/h3-4,7-8,12-13H,5-6,9-11H2,1-2H3. The maximum absolute atomic E-state index is 14.0. The molecule has 1 amide bonds. The van der Waals surface area contributed by atoms with Crippen molar-refractivity contribution in [2.24, 2.45) is 5.92 Å². The Morgan fingerprint density at radius 2 is 2.14 bits per heavy atom. The first-order valence-electron chi connectivity index (χ1n) is 9.47. The van der Waals surface area contributed by atoms with E-state index in [-0.39, 0.29) is 23.8 Å². The Kier molecular flexibility index (Phi) is 5.02. The van der Waals surface area contributed by atoms with E-state index in [1.54, 1.807) is 25.1 Å². The number of aromatic nitrogens is 2. The molecule has 0 spiro atoms. The van der Waals surface area contributed by atoms with Gasteiger partial charge in [-0.2, -0.15) is 0 Å². The lowest BCUT2D eigenvalue weighted by molar-refractivity contribution is 0.0687. The second-order valence-electron chi connectivity index (χ2n) is 7.50. The average molecular weight is 399 g/mol. The molecule has 146 valence electrons. The fraction of sp³-hybridized carbons (Fsp3) is 0.381. The van der Waals surface area contributed by atoms with E-state index in [1.165, 1.54) is 28.3 Å². The van der Waals surface area contributed by atoms with Crippen LogP contribution in [0.25, 0.3) is 10.2 Å². The molecular formula is C21H22FN3O2S. The van der Waals surface area contributed by atoms with Gasteiger partial charge in [-0.05, 0) is 37.3 Å². The highest BCUT2D eigenvalue weighted by atomic mass is 32.1. The number of hydrogen-bond donors (Lipinski definition) is 0. The van der Waals surface area contributed by atoms with Gasteiger partial charge in [-0.3, -0.25) is 14.2 Å². The predicted molar refractivity (Wildman–Crippen MR) is 108 cm³/mol. The number of nitrogens with zero attached hydrogens (tertiary/aromatic N) is 3. The maximum atomic E-state index is 14.0. The predicted octanol–water partition coefficient (Wildman–Crippen LogP) is 3.83. The monoisotopic (exact) mass is 399 g/mol. The zero-order chi connectivity index (χ0) is 19.8. The lowest BCUT2D eigenvalue weighted by Crippen LogP contribution is -2.39. The van der Waals surface area contributed by atoms with Crippen LogP contribution in [0.2, 0.25) is 0 Å². The van der Waals surface area contributed by atoms with Crippen LogP contribution in [0.4, 0.5) is 4.39 Å². The van der Waals surface area contributed by atoms with Gasteiger partial charge in [0, 0.05) is 18.7 Å². The highest BCUT2D eigenvalue weighted by molar-refractivity contribution is 7.20. The van der Waals surface area contributed by atoms with Crippen LogP contribution in [0.15, 0.2) is 35.4 Å². The van der Waals surface area contributed by atoms with Gasteiger partial charge in [-0.25, -0.2) is 9.37 Å². The van der Waals surface area contributed by atoms with Crippen LogP contribution in [-0.2, 0) is 6.54 Å². The Bertz CT molecular complexity index is 1100.